The largest absolute Gasteiger partial charge is 0.497 e. The summed E-state index contributed by atoms with van der Waals surface area (Å²) in [6.07, 6.45) is 6.99. The molecule has 2 heteroatoms. The molecule has 0 saturated carbocycles. The molecular weight excluding hydrogens is 236 g/mol. The molecule has 1 aromatic carbocycles. The molecule has 1 nitrogen and oxygen atoms in total. The summed E-state index contributed by atoms with van der Waals surface area (Å²) in [6, 6.07) is 9.35. The maximum Gasteiger partial charge on any atom is 0.119 e. The molecule has 1 aliphatic heterocycles. The second-order valence-electron chi connectivity index (χ2n) is 5.23. The maximum atomic E-state index is 5.40. The van der Waals surface area contributed by atoms with Crippen molar-refractivity contribution in [2.24, 2.45) is 0 Å². The van der Waals surface area contributed by atoms with Crippen LogP contribution in [0.3, 0.4) is 0 Å². The van der Waals surface area contributed by atoms with Gasteiger partial charge in [-0.25, -0.2) is 0 Å². The Balaban J connectivity index is 2.23. The van der Waals surface area contributed by atoms with Gasteiger partial charge in [-0.1, -0.05) is 60.6 Å². The Morgan fingerprint density at radius 2 is 2.00 bits per heavy atom. The number of allylic oxidation sites excluding steroid dienone is 4. The van der Waals surface area contributed by atoms with Gasteiger partial charge in [0.1, 0.15) is 13.8 Å². The Labute approximate surface area is 110 Å². The lowest BCUT2D eigenvalue weighted by Gasteiger charge is -2.27. The van der Waals surface area contributed by atoms with E-state index in [1.54, 1.807) is 17.5 Å². The fraction of sp³-hybridized carbons (Fsp3) is 0.375. The van der Waals surface area contributed by atoms with E-state index in [2.05, 4.69) is 50.3 Å². The van der Waals surface area contributed by atoms with Crippen LogP contribution in [-0.2, 0) is 0 Å². The van der Waals surface area contributed by atoms with Crippen molar-refractivity contribution in [2.75, 3.05) is 7.11 Å². The molecule has 0 saturated heterocycles. The second-order valence-corrected chi connectivity index (χ2v) is 9.92. The molecule has 1 unspecified atom stereocenters. The zero-order valence-corrected chi connectivity index (χ0v) is 12.4. The Hall–Kier alpha value is -1.28. The van der Waals surface area contributed by atoms with E-state index in [-0.39, 0.29) is 0 Å². The number of fused-ring (bicyclic) bond motifs is 3. The van der Waals surface area contributed by atoms with Crippen molar-refractivity contribution in [3.63, 3.8) is 0 Å². The fourth-order valence-corrected chi connectivity index (χ4v) is 8.60. The van der Waals surface area contributed by atoms with E-state index in [0.29, 0.717) is 5.92 Å². The van der Waals surface area contributed by atoms with Gasteiger partial charge in [0, 0.05) is 5.92 Å². The molecule has 1 heterocycles. The van der Waals surface area contributed by atoms with E-state index in [1.165, 1.54) is 17.7 Å². The van der Waals surface area contributed by atoms with Crippen molar-refractivity contribution in [2.45, 2.75) is 31.9 Å². The van der Waals surface area contributed by atoms with E-state index in [1.807, 2.05) is 0 Å². The molecule has 0 aromatic heterocycles. The van der Waals surface area contributed by atoms with Gasteiger partial charge in [-0.15, -0.1) is 0 Å². The van der Waals surface area contributed by atoms with E-state index in [0.717, 1.165) is 5.75 Å². The molecule has 0 bridgehead atoms. The highest BCUT2D eigenvalue weighted by Gasteiger charge is 2.47. The molecule has 0 fully saturated rings. The van der Waals surface area contributed by atoms with Gasteiger partial charge in [0.2, 0.25) is 0 Å². The van der Waals surface area contributed by atoms with Crippen molar-refractivity contribution in [1.29, 1.82) is 0 Å². The summed E-state index contributed by atoms with van der Waals surface area (Å²) >= 11 is 0. The summed E-state index contributed by atoms with van der Waals surface area (Å²) in [6.45, 7) is 4.73. The molecule has 3 rings (SSSR count). The zero-order chi connectivity index (χ0) is 12.8. The lowest BCUT2D eigenvalue weighted by Crippen LogP contribution is -2.45. The van der Waals surface area contributed by atoms with Crippen LogP contribution in [0.2, 0.25) is 12.1 Å². The van der Waals surface area contributed by atoms with Crippen molar-refractivity contribution < 1.29 is 4.74 Å². The normalized spacial score (nSPS) is 22.6. The predicted octanol–water partition coefficient (Wildman–Crippen LogP) is 3.52. The Morgan fingerprint density at radius 3 is 2.67 bits per heavy atom. The first-order valence-electron chi connectivity index (χ1n) is 6.84. The van der Waals surface area contributed by atoms with Gasteiger partial charge >= 0.3 is 0 Å². The zero-order valence-electron chi connectivity index (χ0n) is 11.4. The minimum Gasteiger partial charge on any atom is -0.497 e. The molecular formula is C16H20OSi. The van der Waals surface area contributed by atoms with E-state index in [4.69, 9.17) is 4.74 Å². The summed E-state index contributed by atoms with van der Waals surface area (Å²) in [5, 5.41) is 3.37. The lowest BCUT2D eigenvalue weighted by molar-refractivity contribution is 0.414. The van der Waals surface area contributed by atoms with Crippen LogP contribution < -0.4 is 9.92 Å². The van der Waals surface area contributed by atoms with Gasteiger partial charge in [-0.05, 0) is 17.7 Å². The van der Waals surface area contributed by atoms with Crippen molar-refractivity contribution in [3.8, 4) is 5.75 Å². The average molecular weight is 256 g/mol. The number of ether oxygens (including phenoxy) is 1. The van der Waals surface area contributed by atoms with Gasteiger partial charge in [0.25, 0.3) is 0 Å². The number of rotatable bonds is 3. The monoisotopic (exact) mass is 256 g/mol. The van der Waals surface area contributed by atoms with Crippen molar-refractivity contribution in [3.05, 3.63) is 47.2 Å². The highest BCUT2D eigenvalue weighted by atomic mass is 28.3. The molecule has 0 N–H and O–H groups in total. The first-order chi connectivity index (χ1) is 8.76. The van der Waals surface area contributed by atoms with Crippen LogP contribution in [0.5, 0.6) is 5.75 Å². The summed E-state index contributed by atoms with van der Waals surface area (Å²) < 4.78 is 5.40. The second kappa shape index (κ2) is 4.13. The van der Waals surface area contributed by atoms with Crippen molar-refractivity contribution >= 4 is 13.3 Å². The predicted molar refractivity (Wildman–Crippen MR) is 79.3 cm³/mol. The van der Waals surface area contributed by atoms with Gasteiger partial charge < -0.3 is 4.74 Å². The van der Waals surface area contributed by atoms with E-state index >= 15 is 0 Å². The third-order valence-corrected chi connectivity index (χ3v) is 10.3. The first-order valence-corrected chi connectivity index (χ1v) is 9.25. The summed E-state index contributed by atoms with van der Waals surface area (Å²) in [7, 11) is 0.329. The van der Waals surface area contributed by atoms with E-state index in [9.17, 15) is 0 Å². The highest BCUT2D eigenvalue weighted by molar-refractivity contribution is 6.99. The van der Waals surface area contributed by atoms with Crippen LogP contribution in [0, 0.1) is 0 Å². The van der Waals surface area contributed by atoms with Crippen LogP contribution in [0.25, 0.3) is 0 Å². The third kappa shape index (κ3) is 1.32. The van der Waals surface area contributed by atoms with E-state index < -0.39 is 8.07 Å². The molecule has 0 spiro atoms. The summed E-state index contributed by atoms with van der Waals surface area (Å²) in [5.74, 6) is 1.53. The molecule has 0 amide bonds. The Bertz CT molecular complexity index is 538. The molecule has 1 aliphatic carbocycles. The van der Waals surface area contributed by atoms with Crippen LogP contribution in [-0.4, -0.2) is 15.2 Å². The number of benzene rings is 1. The number of methoxy groups -OCH3 is 1. The molecule has 1 atom stereocenters. The first kappa shape index (κ1) is 11.8. The van der Waals surface area contributed by atoms with Crippen LogP contribution in [0.1, 0.15) is 25.3 Å². The van der Waals surface area contributed by atoms with Crippen molar-refractivity contribution in [1.82, 2.24) is 0 Å². The Morgan fingerprint density at radius 1 is 1.22 bits per heavy atom. The minimum absolute atomic E-state index is 0.543. The van der Waals surface area contributed by atoms with Gasteiger partial charge in [-0.3, -0.25) is 0 Å². The number of hydrogen-bond acceptors (Lipinski definition) is 1. The fourth-order valence-electron chi connectivity index (χ4n) is 3.76. The van der Waals surface area contributed by atoms with Gasteiger partial charge in [0.05, 0.1) is 7.11 Å². The quantitative estimate of drug-likeness (QED) is 0.752. The molecule has 94 valence electrons. The number of hydrogen-bond donors (Lipinski definition) is 0. The summed E-state index contributed by atoms with van der Waals surface area (Å²) in [4.78, 5) is 0. The SMILES string of the molecule is CC[Si]1(CC)C2=CC=CC2c2cc(OC)ccc21. The highest BCUT2D eigenvalue weighted by Crippen LogP contribution is 2.46. The minimum atomic E-state index is -1.42. The lowest BCUT2D eigenvalue weighted by atomic mass is 10.0. The Kier molecular flexibility index (Phi) is 2.70. The maximum absolute atomic E-state index is 5.40. The van der Waals surface area contributed by atoms with Gasteiger partial charge in [0.15, 0.2) is 0 Å². The standard InChI is InChI=1S/C16H20OSi/c1-4-18(5-2)15-8-6-7-13(15)14-11-12(17-3)9-10-16(14)18/h6-11,13H,4-5H2,1-3H3. The molecule has 18 heavy (non-hydrogen) atoms. The third-order valence-electron chi connectivity index (χ3n) is 4.78. The van der Waals surface area contributed by atoms with Crippen LogP contribution in [0.15, 0.2) is 41.6 Å². The summed E-state index contributed by atoms with van der Waals surface area (Å²) in [5.41, 5.74) is 1.50. The molecule has 0 radical (unpaired) electrons. The smallest absolute Gasteiger partial charge is 0.119 e. The topological polar surface area (TPSA) is 9.23 Å². The average Bonchev–Trinajstić information content (AvgIpc) is 2.98. The van der Waals surface area contributed by atoms with Crippen LogP contribution >= 0.6 is 0 Å². The molecule has 1 aromatic rings. The molecule has 2 aliphatic rings. The van der Waals surface area contributed by atoms with Crippen LogP contribution in [0.4, 0.5) is 0 Å². The van der Waals surface area contributed by atoms with Gasteiger partial charge in [-0.2, -0.15) is 0 Å².